The van der Waals surface area contributed by atoms with E-state index in [1.807, 2.05) is 69.8 Å². The zero-order valence-corrected chi connectivity index (χ0v) is 24.1. The number of aryl methyl sites for hydroxylation is 2. The Bertz CT molecular complexity index is 1430. The quantitative estimate of drug-likeness (QED) is 0.196. The molecule has 1 fully saturated rings. The fraction of sp³-hybridized carbons (Fsp3) is 0.355. The molecule has 4 aromatic rings. The van der Waals surface area contributed by atoms with Gasteiger partial charge in [-0.1, -0.05) is 48.5 Å². The van der Waals surface area contributed by atoms with E-state index in [0.717, 1.165) is 29.4 Å². The first-order valence-electron chi connectivity index (χ1n) is 13.8. The molecule has 8 nitrogen and oxygen atoms in total. The summed E-state index contributed by atoms with van der Waals surface area (Å²) in [5.74, 6) is 2.19. The molecule has 3 heterocycles. The maximum absolute atomic E-state index is 13.1. The van der Waals surface area contributed by atoms with Gasteiger partial charge in [0.05, 0.1) is 6.26 Å². The van der Waals surface area contributed by atoms with Gasteiger partial charge in [-0.25, -0.2) is 0 Å². The van der Waals surface area contributed by atoms with E-state index in [-0.39, 0.29) is 17.9 Å². The minimum atomic E-state index is -0.0292. The third-order valence-corrected chi connectivity index (χ3v) is 8.30. The molecule has 9 heteroatoms. The molecule has 1 atom stereocenters. The van der Waals surface area contributed by atoms with E-state index < -0.39 is 0 Å². The lowest BCUT2D eigenvalue weighted by molar-refractivity contribution is -0.133. The van der Waals surface area contributed by atoms with Crippen LogP contribution < -0.4 is 0 Å². The molecule has 1 aliphatic heterocycles. The molecule has 0 radical (unpaired) electrons. The molecule has 0 bridgehead atoms. The molecule has 0 aliphatic carbocycles. The summed E-state index contributed by atoms with van der Waals surface area (Å²) < 4.78 is 7.60. The minimum Gasteiger partial charge on any atom is -0.461 e. The molecule has 0 saturated carbocycles. The molecule has 5 rings (SSSR count). The van der Waals surface area contributed by atoms with Crippen molar-refractivity contribution in [1.29, 1.82) is 0 Å². The summed E-state index contributed by atoms with van der Waals surface area (Å²) in [5, 5.41) is 9.59. The van der Waals surface area contributed by atoms with Crippen molar-refractivity contribution in [3.05, 3.63) is 83.6 Å². The summed E-state index contributed by atoms with van der Waals surface area (Å²) in [6.45, 7) is 7.83. The van der Waals surface area contributed by atoms with Gasteiger partial charge in [0.15, 0.2) is 10.9 Å². The normalized spacial score (nSPS) is 15.4. The molecular weight excluding hydrogens is 522 g/mol. The number of carbonyl (C=O) groups excluding carboxylic acids is 2. The number of carbonyl (C=O) groups is 2. The van der Waals surface area contributed by atoms with Gasteiger partial charge in [-0.2, -0.15) is 0 Å². The van der Waals surface area contributed by atoms with Gasteiger partial charge < -0.3 is 14.2 Å². The Hall–Kier alpha value is -3.85. The maximum atomic E-state index is 13.1. The summed E-state index contributed by atoms with van der Waals surface area (Å²) in [5.41, 5.74) is 4.05. The lowest BCUT2D eigenvalue weighted by atomic mass is 10.1. The predicted molar refractivity (Wildman–Crippen MR) is 157 cm³/mol. The van der Waals surface area contributed by atoms with Crippen molar-refractivity contribution in [3.63, 3.8) is 0 Å². The second-order valence-electron chi connectivity index (χ2n) is 10.1. The van der Waals surface area contributed by atoms with Crippen LogP contribution in [0, 0.1) is 6.92 Å². The summed E-state index contributed by atoms with van der Waals surface area (Å²) in [6.07, 6.45) is 3.75. The van der Waals surface area contributed by atoms with E-state index >= 15 is 0 Å². The second kappa shape index (κ2) is 12.6. The van der Waals surface area contributed by atoms with Crippen LogP contribution >= 0.6 is 11.8 Å². The van der Waals surface area contributed by atoms with E-state index in [1.54, 1.807) is 18.0 Å². The molecule has 2 aromatic carbocycles. The van der Waals surface area contributed by atoms with Gasteiger partial charge in [0.25, 0.3) is 5.91 Å². The van der Waals surface area contributed by atoms with Crippen LogP contribution in [0.4, 0.5) is 0 Å². The zero-order chi connectivity index (χ0) is 28.1. The lowest BCUT2D eigenvalue weighted by Crippen LogP contribution is -2.55. The van der Waals surface area contributed by atoms with Crippen LogP contribution in [0.25, 0.3) is 17.3 Å². The molecule has 0 spiro atoms. The lowest BCUT2D eigenvalue weighted by Gasteiger charge is -2.40. The van der Waals surface area contributed by atoms with Gasteiger partial charge in [-0.3, -0.25) is 14.2 Å². The van der Waals surface area contributed by atoms with Crippen molar-refractivity contribution in [3.8, 4) is 17.3 Å². The molecule has 2 amide bonds. The fourth-order valence-corrected chi connectivity index (χ4v) is 5.83. The number of nitrogens with zero attached hydrogens (tertiary/aromatic N) is 5. The average Bonchev–Trinajstić information content (AvgIpc) is 3.66. The summed E-state index contributed by atoms with van der Waals surface area (Å²) >= 11 is 1.58. The Morgan fingerprint density at radius 2 is 1.80 bits per heavy atom. The number of hydrogen-bond donors (Lipinski definition) is 0. The number of amides is 2. The van der Waals surface area contributed by atoms with Crippen LogP contribution in [0.2, 0.25) is 0 Å². The maximum Gasteiger partial charge on any atom is 0.254 e. The highest BCUT2D eigenvalue weighted by molar-refractivity contribution is 7.99. The minimum absolute atomic E-state index is 0.0292. The number of aromatic nitrogens is 3. The number of benzene rings is 2. The molecule has 0 N–H and O–H groups in total. The first-order valence-corrected chi connectivity index (χ1v) is 14.8. The van der Waals surface area contributed by atoms with Crippen LogP contribution in [0.15, 0.2) is 76.5 Å². The fourth-order valence-electron chi connectivity index (χ4n) is 4.94. The standard InChI is InChI=1S/C31H35N5O3S/c1-4-24-11-13-25(14-12-24)30(38)35-18-17-34(21-23(35)3)28(37)8-6-20-40-31-33-32-29(27-7-5-19-39-27)36(31)26-15-9-22(2)10-16-26/h5,7,9-16,19,23H,4,6,8,17-18,20-21H2,1-3H3. The van der Waals surface area contributed by atoms with Crippen LogP contribution in [0.5, 0.6) is 0 Å². The van der Waals surface area contributed by atoms with E-state index in [9.17, 15) is 9.59 Å². The Kier molecular flexibility index (Phi) is 8.69. The summed E-state index contributed by atoms with van der Waals surface area (Å²) in [7, 11) is 0. The molecule has 40 heavy (non-hydrogen) atoms. The first kappa shape index (κ1) is 27.7. The molecule has 1 unspecified atom stereocenters. The molecule has 208 valence electrons. The van der Waals surface area contributed by atoms with Crippen molar-refractivity contribution in [2.45, 2.75) is 51.2 Å². The Morgan fingerprint density at radius 1 is 1.02 bits per heavy atom. The third kappa shape index (κ3) is 6.14. The molecule has 1 saturated heterocycles. The highest BCUT2D eigenvalue weighted by Gasteiger charge is 2.30. The highest BCUT2D eigenvalue weighted by Crippen LogP contribution is 2.29. The van der Waals surface area contributed by atoms with Crippen molar-refractivity contribution in [2.75, 3.05) is 25.4 Å². The van der Waals surface area contributed by atoms with E-state index in [2.05, 4.69) is 36.2 Å². The predicted octanol–water partition coefficient (Wildman–Crippen LogP) is 5.64. The SMILES string of the molecule is CCc1ccc(C(=O)N2CCN(C(=O)CCCSc3nnc(-c4ccco4)n3-c3ccc(C)cc3)CC2C)cc1. The second-order valence-corrected chi connectivity index (χ2v) is 11.2. The van der Waals surface area contributed by atoms with Crippen LogP contribution in [-0.2, 0) is 11.2 Å². The smallest absolute Gasteiger partial charge is 0.254 e. The Morgan fingerprint density at radius 3 is 2.48 bits per heavy atom. The Labute approximate surface area is 239 Å². The third-order valence-electron chi connectivity index (χ3n) is 7.28. The van der Waals surface area contributed by atoms with Crippen LogP contribution in [0.1, 0.15) is 48.2 Å². The van der Waals surface area contributed by atoms with Crippen LogP contribution in [-0.4, -0.2) is 67.8 Å². The van der Waals surface area contributed by atoms with Gasteiger partial charge >= 0.3 is 0 Å². The van der Waals surface area contributed by atoms with Crippen molar-refractivity contribution < 1.29 is 14.0 Å². The number of thioether (sulfide) groups is 1. The number of furan rings is 1. The monoisotopic (exact) mass is 557 g/mol. The van der Waals surface area contributed by atoms with Crippen molar-refractivity contribution >= 4 is 23.6 Å². The Balaban J connectivity index is 1.15. The van der Waals surface area contributed by atoms with E-state index in [4.69, 9.17) is 4.42 Å². The zero-order valence-electron chi connectivity index (χ0n) is 23.2. The van der Waals surface area contributed by atoms with Gasteiger partial charge in [0, 0.05) is 49.1 Å². The summed E-state index contributed by atoms with van der Waals surface area (Å²) in [6, 6.07) is 19.7. The van der Waals surface area contributed by atoms with Crippen LogP contribution in [0.3, 0.4) is 0 Å². The van der Waals surface area contributed by atoms with Crippen molar-refractivity contribution in [1.82, 2.24) is 24.6 Å². The average molecular weight is 558 g/mol. The topological polar surface area (TPSA) is 84.5 Å². The van der Waals surface area contributed by atoms with Gasteiger partial charge in [-0.15, -0.1) is 10.2 Å². The van der Waals surface area contributed by atoms with Gasteiger partial charge in [0.1, 0.15) is 0 Å². The van der Waals surface area contributed by atoms with E-state index in [0.29, 0.717) is 43.2 Å². The number of hydrogen-bond acceptors (Lipinski definition) is 6. The summed E-state index contributed by atoms with van der Waals surface area (Å²) in [4.78, 5) is 29.9. The molecule has 2 aromatic heterocycles. The molecular formula is C31H35N5O3S. The van der Waals surface area contributed by atoms with Crippen molar-refractivity contribution in [2.24, 2.45) is 0 Å². The van der Waals surface area contributed by atoms with Gasteiger partial charge in [0.2, 0.25) is 11.7 Å². The number of piperazine rings is 1. The molecule has 1 aliphatic rings. The van der Waals surface area contributed by atoms with Gasteiger partial charge in [-0.05, 0) is 68.7 Å². The largest absolute Gasteiger partial charge is 0.461 e. The van der Waals surface area contributed by atoms with E-state index in [1.165, 1.54) is 11.1 Å². The number of rotatable bonds is 9. The first-order chi connectivity index (χ1) is 19.4. The highest BCUT2D eigenvalue weighted by atomic mass is 32.2.